The van der Waals surface area contributed by atoms with Crippen LogP contribution in [-0.4, -0.2) is 28.7 Å². The smallest absolute Gasteiger partial charge is 0.111 e. The van der Waals surface area contributed by atoms with Gasteiger partial charge in [0.2, 0.25) is 0 Å². The molecule has 0 fully saturated rings. The van der Waals surface area contributed by atoms with Crippen LogP contribution in [0, 0.1) is 0 Å². The quantitative estimate of drug-likeness (QED) is 0.210. The molecule has 0 aromatic heterocycles. The zero-order valence-electron chi connectivity index (χ0n) is 3.33. The second-order valence-electron chi connectivity index (χ2n) is 0.872. The highest BCUT2D eigenvalue weighted by Gasteiger charge is 1.84. The summed E-state index contributed by atoms with van der Waals surface area (Å²) >= 11 is 0. The molecule has 0 unspecified atom stereocenters. The first kappa shape index (κ1) is 5.84. The number of aliphatic hydroxyl groups excluding tert-OH is 2. The maximum absolute atomic E-state index is 7.98. The van der Waals surface area contributed by atoms with Crippen LogP contribution in [0.2, 0.25) is 0 Å². The first-order chi connectivity index (χ1) is 2.81. The van der Waals surface area contributed by atoms with E-state index >= 15 is 0 Å². The molecule has 0 aliphatic rings. The fourth-order valence-corrected chi connectivity index (χ4v) is 0.0447. The molecule has 0 amide bonds. The third-order valence-corrected chi connectivity index (χ3v) is 0.363. The van der Waals surface area contributed by atoms with Gasteiger partial charge in [0.1, 0.15) is 13.5 Å². The fraction of sp³-hybridized carbons (Fsp3) is 1.00. The van der Waals surface area contributed by atoms with E-state index < -0.39 is 0 Å². The molecule has 0 heterocycles. The average molecular weight is 92.1 g/mol. The van der Waals surface area contributed by atoms with Gasteiger partial charge in [-0.3, -0.25) is 5.84 Å². The molecule has 0 aromatic carbocycles. The summed E-state index contributed by atoms with van der Waals surface area (Å²) in [6, 6.07) is 0. The van der Waals surface area contributed by atoms with Crippen LogP contribution in [0.5, 0.6) is 0 Å². The van der Waals surface area contributed by atoms with Crippen LogP contribution in [-0.2, 0) is 0 Å². The second-order valence-corrected chi connectivity index (χ2v) is 0.872. The van der Waals surface area contributed by atoms with Crippen molar-refractivity contribution < 1.29 is 10.2 Å². The van der Waals surface area contributed by atoms with E-state index in [1.807, 2.05) is 0 Å². The molecule has 0 saturated carbocycles. The monoisotopic (exact) mass is 92.1 g/mol. The molecule has 4 N–H and O–H groups in total. The van der Waals surface area contributed by atoms with Crippen molar-refractivity contribution in [3.63, 3.8) is 0 Å². The van der Waals surface area contributed by atoms with E-state index in [1.165, 1.54) is 0 Å². The Morgan fingerprint density at radius 3 is 1.67 bits per heavy atom. The molecule has 0 spiro atoms. The molecule has 0 atom stereocenters. The van der Waals surface area contributed by atoms with E-state index in [9.17, 15) is 0 Å². The Morgan fingerprint density at radius 2 is 1.67 bits per heavy atom. The minimum atomic E-state index is -0.309. The molecule has 4 nitrogen and oxygen atoms in total. The van der Waals surface area contributed by atoms with Gasteiger partial charge in [0.25, 0.3) is 0 Å². The Hall–Kier alpha value is -0.160. The lowest BCUT2D eigenvalue weighted by atomic mass is 11.0. The van der Waals surface area contributed by atoms with Gasteiger partial charge in [-0.25, -0.2) is 0 Å². The molecule has 38 valence electrons. The molecule has 0 bridgehead atoms. The third-order valence-electron chi connectivity index (χ3n) is 0.363. The Kier molecular flexibility index (Phi) is 2.97. The van der Waals surface area contributed by atoms with Crippen molar-refractivity contribution in [1.82, 2.24) is 5.01 Å². The van der Waals surface area contributed by atoms with Crippen molar-refractivity contribution in [2.24, 2.45) is 5.84 Å². The van der Waals surface area contributed by atoms with E-state index in [0.29, 0.717) is 0 Å². The molecule has 0 aromatic rings. The number of hydrogen-bond acceptors (Lipinski definition) is 4. The number of nitrogens with two attached hydrogens (primary N) is 1. The average Bonchev–Trinajstić information content (AvgIpc) is 1.65. The summed E-state index contributed by atoms with van der Waals surface area (Å²) in [5, 5.41) is 16.8. The van der Waals surface area contributed by atoms with Gasteiger partial charge >= 0.3 is 0 Å². The fourth-order valence-electron chi connectivity index (χ4n) is 0.0447. The van der Waals surface area contributed by atoms with Gasteiger partial charge in [-0.15, -0.1) is 0 Å². The minimum Gasteiger partial charge on any atom is -0.380 e. The van der Waals surface area contributed by atoms with Crippen molar-refractivity contribution >= 4 is 0 Å². The number of rotatable bonds is 2. The van der Waals surface area contributed by atoms with Gasteiger partial charge in [0.15, 0.2) is 0 Å². The van der Waals surface area contributed by atoms with Crippen molar-refractivity contribution in [3.8, 4) is 0 Å². The minimum absolute atomic E-state index is 0.309. The van der Waals surface area contributed by atoms with Crippen LogP contribution in [0.4, 0.5) is 0 Å². The second kappa shape index (κ2) is 3.05. The first-order valence-electron chi connectivity index (χ1n) is 1.52. The molecular weight excluding hydrogens is 84.0 g/mol. The molecular formula is C2H8N2O2. The van der Waals surface area contributed by atoms with Crippen LogP contribution in [0.1, 0.15) is 0 Å². The standard InChI is InChI=1S/C2H8N2O2/c3-4(1-5)2-6/h5-6H,1-3H2. The van der Waals surface area contributed by atoms with Gasteiger partial charge < -0.3 is 10.2 Å². The maximum atomic E-state index is 7.98. The van der Waals surface area contributed by atoms with Gasteiger partial charge in [0, 0.05) is 0 Å². The van der Waals surface area contributed by atoms with Crippen LogP contribution in [0.25, 0.3) is 0 Å². The Balaban J connectivity index is 2.75. The van der Waals surface area contributed by atoms with E-state index in [2.05, 4.69) is 0 Å². The molecule has 4 heteroatoms. The summed E-state index contributed by atoms with van der Waals surface area (Å²) < 4.78 is 0. The summed E-state index contributed by atoms with van der Waals surface area (Å²) in [5.41, 5.74) is 0. The van der Waals surface area contributed by atoms with Crippen molar-refractivity contribution in [3.05, 3.63) is 0 Å². The van der Waals surface area contributed by atoms with Crippen molar-refractivity contribution in [2.75, 3.05) is 13.5 Å². The van der Waals surface area contributed by atoms with Gasteiger partial charge in [0.05, 0.1) is 0 Å². The summed E-state index contributed by atoms with van der Waals surface area (Å²) in [6.45, 7) is -0.618. The summed E-state index contributed by atoms with van der Waals surface area (Å²) in [5.74, 6) is 4.81. The van der Waals surface area contributed by atoms with Crippen molar-refractivity contribution in [1.29, 1.82) is 0 Å². The van der Waals surface area contributed by atoms with Gasteiger partial charge in [-0.1, -0.05) is 0 Å². The Morgan fingerprint density at radius 1 is 1.33 bits per heavy atom. The third kappa shape index (κ3) is 2.10. The first-order valence-corrected chi connectivity index (χ1v) is 1.52. The van der Waals surface area contributed by atoms with Crippen molar-refractivity contribution in [2.45, 2.75) is 0 Å². The molecule has 0 aliphatic carbocycles. The number of aliphatic hydroxyl groups is 2. The lowest BCUT2D eigenvalue weighted by Gasteiger charge is -2.04. The van der Waals surface area contributed by atoms with Crippen LogP contribution in [0.3, 0.4) is 0 Å². The molecule has 0 aliphatic heterocycles. The Bertz CT molecular complexity index is 28.7. The highest BCUT2D eigenvalue weighted by Crippen LogP contribution is 1.61. The molecule has 0 radical (unpaired) electrons. The number of nitrogens with zero attached hydrogens (tertiary/aromatic N) is 1. The lowest BCUT2D eigenvalue weighted by Crippen LogP contribution is -2.32. The summed E-state index contributed by atoms with van der Waals surface area (Å²) in [6.07, 6.45) is 0. The van der Waals surface area contributed by atoms with E-state index in [0.717, 1.165) is 5.01 Å². The lowest BCUT2D eigenvalue weighted by molar-refractivity contribution is 0.0293. The number of hydrazine groups is 1. The van der Waals surface area contributed by atoms with Gasteiger partial charge in [-0.2, -0.15) is 5.01 Å². The van der Waals surface area contributed by atoms with E-state index in [-0.39, 0.29) is 13.5 Å². The highest BCUT2D eigenvalue weighted by atomic mass is 16.3. The van der Waals surface area contributed by atoms with E-state index in [4.69, 9.17) is 16.1 Å². The van der Waals surface area contributed by atoms with Gasteiger partial charge in [-0.05, 0) is 0 Å². The normalized spacial score (nSPS) is 10.0. The van der Waals surface area contributed by atoms with E-state index in [1.54, 1.807) is 0 Å². The predicted molar refractivity (Wildman–Crippen MR) is 20.2 cm³/mol. The SMILES string of the molecule is NN(CO)CO. The molecule has 6 heavy (non-hydrogen) atoms. The topological polar surface area (TPSA) is 69.7 Å². The predicted octanol–water partition coefficient (Wildman–Crippen LogP) is -1.94. The zero-order valence-corrected chi connectivity index (χ0v) is 3.33. The zero-order chi connectivity index (χ0) is 4.99. The summed E-state index contributed by atoms with van der Waals surface area (Å²) in [7, 11) is 0. The van der Waals surface area contributed by atoms with Crippen LogP contribution < -0.4 is 5.84 Å². The van der Waals surface area contributed by atoms with Crippen LogP contribution >= 0.6 is 0 Å². The molecule has 0 saturated heterocycles. The molecule has 0 rings (SSSR count). The number of hydrogen-bond donors (Lipinski definition) is 3. The Labute approximate surface area is 35.8 Å². The van der Waals surface area contributed by atoms with Crippen LogP contribution in [0.15, 0.2) is 0 Å². The summed E-state index contributed by atoms with van der Waals surface area (Å²) in [4.78, 5) is 0. The maximum Gasteiger partial charge on any atom is 0.111 e. The highest BCUT2D eigenvalue weighted by molar-refractivity contribution is 4.17. The largest absolute Gasteiger partial charge is 0.380 e.